The van der Waals surface area contributed by atoms with Crippen LogP contribution in [0.3, 0.4) is 0 Å². The van der Waals surface area contributed by atoms with Crippen LogP contribution in [0, 0.1) is 13.8 Å². The van der Waals surface area contributed by atoms with Crippen molar-refractivity contribution in [2.45, 2.75) is 25.2 Å². The molecule has 2 amide bonds. The van der Waals surface area contributed by atoms with E-state index < -0.39 is 0 Å². The van der Waals surface area contributed by atoms with Gasteiger partial charge in [-0.1, -0.05) is 6.07 Å². The lowest BCUT2D eigenvalue weighted by atomic mass is 10.1. The van der Waals surface area contributed by atoms with Crippen LogP contribution in [0.5, 0.6) is 5.75 Å². The number of hydrogen-bond acceptors (Lipinski definition) is 4. The number of carbonyl (C=O) groups excluding carboxylic acids is 2. The van der Waals surface area contributed by atoms with Crippen LogP contribution in [0.25, 0.3) is 0 Å². The molecule has 2 N–H and O–H groups in total. The highest BCUT2D eigenvalue weighted by molar-refractivity contribution is 8.00. The Kier molecular flexibility index (Phi) is 5.28. The lowest BCUT2D eigenvalue weighted by Crippen LogP contribution is -2.19. The fourth-order valence-electron chi connectivity index (χ4n) is 2.66. The molecule has 0 bridgehead atoms. The second-order valence-electron chi connectivity index (χ2n) is 6.02. The Hall–Kier alpha value is -2.47. The lowest BCUT2D eigenvalue weighted by molar-refractivity contribution is -0.116. The van der Waals surface area contributed by atoms with Gasteiger partial charge >= 0.3 is 0 Å². The van der Waals surface area contributed by atoms with E-state index in [1.807, 2.05) is 38.1 Å². The Labute approximate surface area is 151 Å². The number of fused-ring (bicyclic) bond motifs is 1. The first-order valence-corrected chi connectivity index (χ1v) is 9.06. The van der Waals surface area contributed by atoms with Gasteiger partial charge in [-0.05, 0) is 55.3 Å². The quantitative estimate of drug-likeness (QED) is 0.856. The first-order valence-electron chi connectivity index (χ1n) is 8.07. The van der Waals surface area contributed by atoms with Gasteiger partial charge in [0.05, 0.1) is 24.5 Å². The summed E-state index contributed by atoms with van der Waals surface area (Å²) in [4.78, 5) is 24.5. The predicted octanol–water partition coefficient (Wildman–Crippen LogP) is 3.76. The van der Waals surface area contributed by atoms with Gasteiger partial charge in [0.15, 0.2) is 0 Å². The second-order valence-corrected chi connectivity index (χ2v) is 7.04. The Morgan fingerprint density at radius 3 is 2.72 bits per heavy atom. The van der Waals surface area contributed by atoms with Gasteiger partial charge in [-0.25, -0.2) is 0 Å². The fraction of sp³-hybridized carbons (Fsp3) is 0.263. The van der Waals surface area contributed by atoms with Crippen LogP contribution in [-0.4, -0.2) is 24.2 Å². The van der Waals surface area contributed by atoms with Crippen molar-refractivity contribution in [2.24, 2.45) is 0 Å². The van der Waals surface area contributed by atoms with E-state index in [4.69, 9.17) is 4.74 Å². The average molecular weight is 356 g/mol. The van der Waals surface area contributed by atoms with Crippen LogP contribution in [0.2, 0.25) is 0 Å². The maximum absolute atomic E-state index is 12.1. The maximum Gasteiger partial charge on any atom is 0.234 e. The summed E-state index contributed by atoms with van der Waals surface area (Å²) in [6.07, 6.45) is 0.255. The normalized spacial score (nSPS) is 13.0. The third-order valence-corrected chi connectivity index (χ3v) is 4.76. The average Bonchev–Trinajstić information content (AvgIpc) is 2.53. The van der Waals surface area contributed by atoms with E-state index >= 15 is 0 Å². The highest BCUT2D eigenvalue weighted by atomic mass is 32.2. The number of carbonyl (C=O) groups is 2. The standard InChI is InChI=1S/C19H20N2O3S/c1-12-7-13(2)9-15(8-12)24-6-5-18(22)20-14-3-4-17-16(10-14)21-19(23)11-25-17/h3-4,7-10H,5-6,11H2,1-2H3,(H,20,22)(H,21,23). The number of rotatable bonds is 5. The zero-order chi connectivity index (χ0) is 17.8. The minimum Gasteiger partial charge on any atom is -0.493 e. The molecule has 1 aliphatic rings. The molecule has 130 valence electrons. The minimum absolute atomic E-state index is 0.0252. The van der Waals surface area contributed by atoms with Crippen LogP contribution in [-0.2, 0) is 9.59 Å². The Balaban J connectivity index is 1.52. The number of nitrogens with one attached hydrogen (secondary N) is 2. The summed E-state index contributed by atoms with van der Waals surface area (Å²) < 4.78 is 5.66. The number of aryl methyl sites for hydroxylation is 2. The molecular weight excluding hydrogens is 336 g/mol. The third kappa shape index (κ3) is 4.76. The van der Waals surface area contributed by atoms with E-state index in [2.05, 4.69) is 16.7 Å². The third-order valence-electron chi connectivity index (χ3n) is 3.69. The van der Waals surface area contributed by atoms with Crippen LogP contribution < -0.4 is 15.4 Å². The molecule has 0 unspecified atom stereocenters. The van der Waals surface area contributed by atoms with Crippen LogP contribution >= 0.6 is 11.8 Å². The molecule has 0 saturated heterocycles. The molecule has 0 spiro atoms. The highest BCUT2D eigenvalue weighted by Crippen LogP contribution is 2.33. The number of ether oxygens (including phenoxy) is 1. The van der Waals surface area contributed by atoms with Gasteiger partial charge in [0, 0.05) is 10.6 Å². The number of amides is 2. The zero-order valence-electron chi connectivity index (χ0n) is 14.2. The molecule has 2 aromatic rings. The largest absolute Gasteiger partial charge is 0.493 e. The first-order chi connectivity index (χ1) is 12.0. The van der Waals surface area contributed by atoms with E-state index in [0.29, 0.717) is 18.0 Å². The van der Waals surface area contributed by atoms with Crippen molar-refractivity contribution in [1.82, 2.24) is 0 Å². The summed E-state index contributed by atoms with van der Waals surface area (Å²) in [5.74, 6) is 1.05. The van der Waals surface area contributed by atoms with Gasteiger partial charge in [-0.15, -0.1) is 11.8 Å². The van der Waals surface area contributed by atoms with E-state index in [9.17, 15) is 9.59 Å². The van der Waals surface area contributed by atoms with Crippen molar-refractivity contribution in [1.29, 1.82) is 0 Å². The molecule has 25 heavy (non-hydrogen) atoms. The van der Waals surface area contributed by atoms with Crippen molar-refractivity contribution in [3.63, 3.8) is 0 Å². The smallest absolute Gasteiger partial charge is 0.234 e. The molecule has 0 aromatic heterocycles. The van der Waals surface area contributed by atoms with Gasteiger partial charge in [-0.3, -0.25) is 9.59 Å². The molecule has 1 aliphatic heterocycles. The minimum atomic E-state index is -0.126. The zero-order valence-corrected chi connectivity index (χ0v) is 15.0. The van der Waals surface area contributed by atoms with E-state index in [0.717, 1.165) is 27.5 Å². The van der Waals surface area contributed by atoms with Crippen molar-refractivity contribution in [3.05, 3.63) is 47.5 Å². The van der Waals surface area contributed by atoms with Gasteiger partial charge in [-0.2, -0.15) is 0 Å². The number of hydrogen-bond donors (Lipinski definition) is 2. The van der Waals surface area contributed by atoms with Crippen molar-refractivity contribution >= 4 is 35.0 Å². The van der Waals surface area contributed by atoms with Gasteiger partial charge < -0.3 is 15.4 Å². The summed E-state index contributed by atoms with van der Waals surface area (Å²) in [6.45, 7) is 4.34. The van der Waals surface area contributed by atoms with Gasteiger partial charge in [0.25, 0.3) is 0 Å². The number of benzene rings is 2. The molecule has 0 atom stereocenters. The second kappa shape index (κ2) is 7.61. The highest BCUT2D eigenvalue weighted by Gasteiger charge is 2.15. The summed E-state index contributed by atoms with van der Waals surface area (Å²) in [5.41, 5.74) is 3.67. The molecule has 0 fully saturated rings. The van der Waals surface area contributed by atoms with Crippen LogP contribution in [0.1, 0.15) is 17.5 Å². The van der Waals surface area contributed by atoms with Crippen LogP contribution in [0.15, 0.2) is 41.3 Å². The molecule has 1 heterocycles. The predicted molar refractivity (Wildman–Crippen MR) is 100 cm³/mol. The molecular formula is C19H20N2O3S. The molecule has 0 radical (unpaired) electrons. The van der Waals surface area contributed by atoms with E-state index in [-0.39, 0.29) is 18.2 Å². The molecule has 5 nitrogen and oxygen atoms in total. The number of anilines is 2. The molecule has 2 aromatic carbocycles. The Morgan fingerprint density at radius 1 is 1.20 bits per heavy atom. The maximum atomic E-state index is 12.1. The Morgan fingerprint density at radius 2 is 1.96 bits per heavy atom. The molecule has 6 heteroatoms. The molecule has 3 rings (SSSR count). The molecule has 0 aliphatic carbocycles. The number of thioether (sulfide) groups is 1. The Bertz CT molecular complexity index is 800. The SMILES string of the molecule is Cc1cc(C)cc(OCCC(=O)Nc2ccc3c(c2)NC(=O)CS3)c1. The molecule has 0 saturated carbocycles. The summed E-state index contributed by atoms with van der Waals surface area (Å²) in [6, 6.07) is 11.5. The van der Waals surface area contributed by atoms with Gasteiger partial charge in [0.1, 0.15) is 5.75 Å². The van der Waals surface area contributed by atoms with Gasteiger partial charge in [0.2, 0.25) is 11.8 Å². The van der Waals surface area contributed by atoms with Crippen molar-refractivity contribution < 1.29 is 14.3 Å². The first kappa shape index (κ1) is 17.4. The van der Waals surface area contributed by atoms with Crippen LogP contribution in [0.4, 0.5) is 11.4 Å². The van der Waals surface area contributed by atoms with E-state index in [1.54, 1.807) is 6.07 Å². The topological polar surface area (TPSA) is 67.4 Å². The fourth-order valence-corrected chi connectivity index (χ4v) is 3.45. The lowest BCUT2D eigenvalue weighted by Gasteiger charge is -2.17. The summed E-state index contributed by atoms with van der Waals surface area (Å²) in [7, 11) is 0. The summed E-state index contributed by atoms with van der Waals surface area (Å²) in [5, 5.41) is 5.65. The summed E-state index contributed by atoms with van der Waals surface area (Å²) >= 11 is 1.49. The van der Waals surface area contributed by atoms with E-state index in [1.165, 1.54) is 11.8 Å². The van der Waals surface area contributed by atoms with Crippen molar-refractivity contribution in [3.8, 4) is 5.75 Å². The van der Waals surface area contributed by atoms with Crippen molar-refractivity contribution in [2.75, 3.05) is 23.0 Å². The monoisotopic (exact) mass is 356 g/mol.